The van der Waals surface area contributed by atoms with Gasteiger partial charge in [-0.25, -0.2) is 4.79 Å². The fourth-order valence-electron chi connectivity index (χ4n) is 5.02. The Bertz CT molecular complexity index is 961. The van der Waals surface area contributed by atoms with E-state index in [1.807, 2.05) is 50.3 Å². The topological polar surface area (TPSA) is 96.6 Å². The summed E-state index contributed by atoms with van der Waals surface area (Å²) in [7, 11) is 0. The van der Waals surface area contributed by atoms with Crippen LogP contribution in [0.2, 0.25) is 0 Å². The molecule has 6 heteroatoms. The Balaban J connectivity index is 1.54. The van der Waals surface area contributed by atoms with Crippen molar-refractivity contribution in [1.29, 1.82) is 0 Å². The maximum Gasteiger partial charge on any atom is 0.315 e. The van der Waals surface area contributed by atoms with Crippen LogP contribution in [-0.4, -0.2) is 29.2 Å². The summed E-state index contributed by atoms with van der Waals surface area (Å²) in [4.78, 5) is 30.1. The van der Waals surface area contributed by atoms with Gasteiger partial charge in [-0.2, -0.15) is 0 Å². The fraction of sp³-hybridized carbons (Fsp3) is 0.519. The number of nitrogens with zero attached hydrogens (tertiary/aromatic N) is 1. The monoisotopic (exact) mass is 450 g/mol. The minimum atomic E-state index is -0.725. The largest absolute Gasteiger partial charge is 0.387 e. The summed E-state index contributed by atoms with van der Waals surface area (Å²) < 4.78 is 0. The Morgan fingerprint density at radius 2 is 1.91 bits per heavy atom. The minimum Gasteiger partial charge on any atom is -0.387 e. The highest BCUT2D eigenvalue weighted by molar-refractivity contribution is 5.99. The van der Waals surface area contributed by atoms with Gasteiger partial charge in [0.15, 0.2) is 5.78 Å². The standard InChI is InChI=1S/C27H38N4O2/c1-17(2)15-27(5)25(32)22(14-23(28)31-27)13-20-9-11-21(12-10-20)16-29-26(33)30-24-18(3)7-6-8-19(24)4/h6-12,17-18,22,24H,13-16H2,1-5H3,(H2,28,31)(H2,29,30,33). The molecule has 1 heterocycles. The van der Waals surface area contributed by atoms with Gasteiger partial charge in [-0.15, -0.1) is 0 Å². The number of hydrogen-bond donors (Lipinski definition) is 3. The third-order valence-corrected chi connectivity index (χ3v) is 6.59. The van der Waals surface area contributed by atoms with Gasteiger partial charge in [-0.3, -0.25) is 9.79 Å². The van der Waals surface area contributed by atoms with Crippen LogP contribution in [0.15, 0.2) is 53.1 Å². The van der Waals surface area contributed by atoms with Crippen LogP contribution >= 0.6 is 0 Å². The summed E-state index contributed by atoms with van der Waals surface area (Å²) in [5, 5.41) is 6.00. The molecule has 4 atom stereocenters. The van der Waals surface area contributed by atoms with Crippen molar-refractivity contribution in [3.05, 3.63) is 59.2 Å². The summed E-state index contributed by atoms with van der Waals surface area (Å²) in [6, 6.07) is 7.92. The zero-order valence-electron chi connectivity index (χ0n) is 20.5. The molecule has 0 radical (unpaired) electrons. The van der Waals surface area contributed by atoms with E-state index in [4.69, 9.17) is 5.73 Å². The van der Waals surface area contributed by atoms with Crippen molar-refractivity contribution >= 4 is 17.6 Å². The van der Waals surface area contributed by atoms with Crippen LogP contribution in [0.25, 0.3) is 0 Å². The molecule has 0 saturated heterocycles. The van der Waals surface area contributed by atoms with Gasteiger partial charge in [0.2, 0.25) is 0 Å². The molecular weight excluding hydrogens is 412 g/mol. The molecule has 1 aromatic carbocycles. The van der Waals surface area contributed by atoms with Gasteiger partial charge >= 0.3 is 6.03 Å². The normalized spacial score (nSPS) is 27.2. The number of benzene rings is 1. The lowest BCUT2D eigenvalue weighted by Crippen LogP contribution is -2.47. The van der Waals surface area contributed by atoms with Crippen molar-refractivity contribution in [3.63, 3.8) is 0 Å². The van der Waals surface area contributed by atoms with Gasteiger partial charge in [-0.05, 0) is 49.7 Å². The molecule has 4 unspecified atom stereocenters. The minimum absolute atomic E-state index is 0.0164. The Morgan fingerprint density at radius 3 is 2.55 bits per heavy atom. The van der Waals surface area contributed by atoms with Gasteiger partial charge in [0.05, 0.1) is 11.9 Å². The van der Waals surface area contributed by atoms with Gasteiger partial charge in [0, 0.05) is 18.9 Å². The Kier molecular flexibility index (Phi) is 7.77. The first-order valence-electron chi connectivity index (χ1n) is 11.9. The highest BCUT2D eigenvalue weighted by Crippen LogP contribution is 2.32. The number of rotatable bonds is 7. The lowest BCUT2D eigenvalue weighted by molar-refractivity contribution is -0.128. The summed E-state index contributed by atoms with van der Waals surface area (Å²) in [6.07, 6.45) is 8.03. The molecule has 2 aliphatic rings. The number of urea groups is 1. The molecule has 33 heavy (non-hydrogen) atoms. The molecule has 0 aromatic heterocycles. The first-order valence-corrected chi connectivity index (χ1v) is 11.9. The van der Waals surface area contributed by atoms with Crippen LogP contribution in [0.1, 0.15) is 58.6 Å². The number of amides is 2. The van der Waals surface area contributed by atoms with Crippen molar-refractivity contribution < 1.29 is 9.59 Å². The number of carbonyl (C=O) groups excluding carboxylic acids is 2. The van der Waals surface area contributed by atoms with Crippen LogP contribution in [-0.2, 0) is 17.8 Å². The van der Waals surface area contributed by atoms with Crippen molar-refractivity contribution in [1.82, 2.24) is 10.6 Å². The summed E-state index contributed by atoms with van der Waals surface area (Å²) >= 11 is 0. The molecule has 2 amide bonds. The first-order chi connectivity index (χ1) is 15.6. The second-order valence-corrected chi connectivity index (χ2v) is 10.2. The van der Waals surface area contributed by atoms with E-state index in [2.05, 4.69) is 42.5 Å². The number of carbonyl (C=O) groups is 2. The average molecular weight is 451 g/mol. The third kappa shape index (κ3) is 6.34. The maximum atomic E-state index is 13.2. The number of Topliss-reactive ketones (excluding diaryl/α,β-unsaturated/α-hetero) is 1. The quantitative estimate of drug-likeness (QED) is 0.578. The molecule has 1 aliphatic carbocycles. The third-order valence-electron chi connectivity index (χ3n) is 6.59. The highest BCUT2D eigenvalue weighted by atomic mass is 16.2. The van der Waals surface area contributed by atoms with E-state index < -0.39 is 5.54 Å². The number of hydrogen-bond acceptors (Lipinski definition) is 4. The fourth-order valence-corrected chi connectivity index (χ4v) is 5.02. The predicted octanol–water partition coefficient (Wildman–Crippen LogP) is 4.30. The summed E-state index contributed by atoms with van der Waals surface area (Å²) in [6.45, 7) is 10.7. The number of amidine groups is 1. The van der Waals surface area contributed by atoms with E-state index in [9.17, 15) is 9.59 Å². The predicted molar refractivity (Wildman–Crippen MR) is 134 cm³/mol. The van der Waals surface area contributed by atoms with E-state index in [0.29, 0.717) is 37.6 Å². The number of allylic oxidation sites excluding steroid dienone is 2. The zero-order chi connectivity index (χ0) is 24.2. The lowest BCUT2D eigenvalue weighted by atomic mass is 9.76. The highest BCUT2D eigenvalue weighted by Gasteiger charge is 2.41. The Morgan fingerprint density at radius 1 is 1.24 bits per heavy atom. The number of nitrogens with one attached hydrogen (secondary N) is 2. The average Bonchev–Trinajstić information content (AvgIpc) is 2.73. The summed E-state index contributed by atoms with van der Waals surface area (Å²) in [5.41, 5.74) is 8.64. The number of aliphatic imine (C=N–C) groups is 1. The van der Waals surface area contributed by atoms with Crippen molar-refractivity contribution in [2.75, 3.05) is 0 Å². The zero-order valence-corrected chi connectivity index (χ0v) is 20.5. The molecule has 0 spiro atoms. The van der Waals surface area contributed by atoms with Crippen molar-refractivity contribution in [2.24, 2.45) is 28.5 Å². The van der Waals surface area contributed by atoms with Crippen molar-refractivity contribution in [2.45, 2.75) is 72.0 Å². The van der Waals surface area contributed by atoms with E-state index in [0.717, 1.165) is 16.7 Å². The van der Waals surface area contributed by atoms with Crippen molar-refractivity contribution in [3.8, 4) is 0 Å². The van der Waals surface area contributed by atoms with E-state index in [1.54, 1.807) is 0 Å². The number of ketones is 1. The second-order valence-electron chi connectivity index (χ2n) is 10.2. The van der Waals surface area contributed by atoms with Gasteiger partial charge in [-0.1, -0.05) is 68.8 Å². The molecule has 3 rings (SSSR count). The molecule has 4 N–H and O–H groups in total. The van der Waals surface area contributed by atoms with Gasteiger partial charge in [0.25, 0.3) is 0 Å². The Labute approximate surface area is 197 Å². The number of nitrogens with two attached hydrogens (primary N) is 1. The van der Waals surface area contributed by atoms with Crippen LogP contribution in [0, 0.1) is 17.8 Å². The van der Waals surface area contributed by atoms with Crippen LogP contribution in [0.5, 0.6) is 0 Å². The molecule has 178 valence electrons. The molecule has 1 aromatic rings. The molecule has 0 saturated carbocycles. The molecule has 0 bridgehead atoms. The molecule has 0 fully saturated rings. The first kappa shape index (κ1) is 24.7. The van der Waals surface area contributed by atoms with E-state index in [-0.39, 0.29) is 29.7 Å². The summed E-state index contributed by atoms with van der Waals surface area (Å²) in [5.74, 6) is 1.25. The van der Waals surface area contributed by atoms with E-state index >= 15 is 0 Å². The van der Waals surface area contributed by atoms with Crippen LogP contribution in [0.4, 0.5) is 4.79 Å². The molecule has 6 nitrogen and oxygen atoms in total. The van der Waals surface area contributed by atoms with Gasteiger partial charge < -0.3 is 16.4 Å². The Hall–Kier alpha value is -2.89. The smallest absolute Gasteiger partial charge is 0.315 e. The van der Waals surface area contributed by atoms with Crippen LogP contribution in [0.3, 0.4) is 0 Å². The molecular formula is C27H38N4O2. The van der Waals surface area contributed by atoms with Crippen LogP contribution < -0.4 is 16.4 Å². The SMILES string of the molecule is CC1=CC=CC(C)C1NC(=O)NCc1ccc(CC2CC(N)=NC(C)(CC(C)C)C2=O)cc1. The lowest BCUT2D eigenvalue weighted by Gasteiger charge is -2.34. The maximum absolute atomic E-state index is 13.2. The molecule has 1 aliphatic heterocycles. The second kappa shape index (κ2) is 10.4. The van der Waals surface area contributed by atoms with E-state index in [1.165, 1.54) is 0 Å². The van der Waals surface area contributed by atoms with Gasteiger partial charge in [0.1, 0.15) is 5.54 Å².